The fraction of sp³-hybridized carbons (Fsp3) is 0.174. The number of aryl methyl sites for hydroxylation is 1. The average molecular weight is 449 g/mol. The first-order chi connectivity index (χ1) is 14.2. The molecule has 0 radical (unpaired) electrons. The lowest BCUT2D eigenvalue weighted by Crippen LogP contribution is -2.02. The van der Waals surface area contributed by atoms with E-state index in [4.69, 9.17) is 4.74 Å². The molecule has 4 aromatic rings. The maximum absolute atomic E-state index is 5.23. The van der Waals surface area contributed by atoms with Gasteiger partial charge in [0.15, 0.2) is 5.82 Å². The predicted molar refractivity (Wildman–Crippen MR) is 120 cm³/mol. The third kappa shape index (κ3) is 4.22. The molecule has 1 N–H and O–H groups in total. The standard InChI is InChI=1S/C23H21BrN4O/c1-3-16-8-9-17(14-20(16)24)26-23-19-7-5-4-6-18(19)21(27-28-23)12-15-10-11-25-22(13-15)29-2/h4-11,13-14H,3,12H2,1-2H3,(H,26,28). The van der Waals surface area contributed by atoms with Gasteiger partial charge in [-0.05, 0) is 35.7 Å². The third-order valence-corrected chi connectivity index (χ3v) is 5.58. The minimum absolute atomic E-state index is 0.596. The van der Waals surface area contributed by atoms with E-state index >= 15 is 0 Å². The van der Waals surface area contributed by atoms with Gasteiger partial charge in [0.05, 0.1) is 12.8 Å². The van der Waals surface area contributed by atoms with Gasteiger partial charge in [0.25, 0.3) is 0 Å². The molecule has 0 aliphatic rings. The molecule has 0 bridgehead atoms. The van der Waals surface area contributed by atoms with Crippen LogP contribution in [-0.4, -0.2) is 22.3 Å². The minimum atomic E-state index is 0.596. The van der Waals surface area contributed by atoms with Crippen LogP contribution in [0.1, 0.15) is 23.7 Å². The molecule has 0 unspecified atom stereocenters. The van der Waals surface area contributed by atoms with Gasteiger partial charge in [0, 0.05) is 39.6 Å². The van der Waals surface area contributed by atoms with Crippen molar-refractivity contribution in [2.75, 3.05) is 12.4 Å². The van der Waals surface area contributed by atoms with E-state index < -0.39 is 0 Å². The molecular formula is C23H21BrN4O. The Morgan fingerprint density at radius 1 is 1.00 bits per heavy atom. The molecule has 2 aromatic heterocycles. The fourth-order valence-electron chi connectivity index (χ4n) is 3.30. The van der Waals surface area contributed by atoms with E-state index in [1.165, 1.54) is 5.56 Å². The predicted octanol–water partition coefficient (Wildman–Crippen LogP) is 5.69. The number of hydrogen-bond donors (Lipinski definition) is 1. The zero-order valence-electron chi connectivity index (χ0n) is 16.3. The molecule has 5 nitrogen and oxygen atoms in total. The van der Waals surface area contributed by atoms with Crippen molar-refractivity contribution in [2.45, 2.75) is 19.8 Å². The van der Waals surface area contributed by atoms with Crippen molar-refractivity contribution in [1.82, 2.24) is 15.2 Å². The van der Waals surface area contributed by atoms with Crippen molar-refractivity contribution in [3.8, 4) is 5.88 Å². The highest BCUT2D eigenvalue weighted by molar-refractivity contribution is 9.10. The smallest absolute Gasteiger partial charge is 0.213 e. The lowest BCUT2D eigenvalue weighted by molar-refractivity contribution is 0.397. The van der Waals surface area contributed by atoms with Crippen molar-refractivity contribution in [1.29, 1.82) is 0 Å². The maximum Gasteiger partial charge on any atom is 0.213 e. The van der Waals surface area contributed by atoms with Gasteiger partial charge in [-0.2, -0.15) is 5.10 Å². The third-order valence-electron chi connectivity index (χ3n) is 4.84. The van der Waals surface area contributed by atoms with Gasteiger partial charge in [-0.15, -0.1) is 5.10 Å². The second-order valence-corrected chi connectivity index (χ2v) is 7.56. The molecule has 0 saturated heterocycles. The summed E-state index contributed by atoms with van der Waals surface area (Å²) < 4.78 is 6.32. The molecule has 4 rings (SSSR count). The van der Waals surface area contributed by atoms with E-state index in [0.29, 0.717) is 12.3 Å². The van der Waals surface area contributed by atoms with Crippen LogP contribution in [0.2, 0.25) is 0 Å². The second kappa shape index (κ2) is 8.57. The molecular weight excluding hydrogens is 428 g/mol. The molecule has 2 aromatic carbocycles. The van der Waals surface area contributed by atoms with E-state index in [9.17, 15) is 0 Å². The number of methoxy groups -OCH3 is 1. The summed E-state index contributed by atoms with van der Waals surface area (Å²) in [6, 6.07) is 18.4. The van der Waals surface area contributed by atoms with Crippen LogP contribution < -0.4 is 10.1 Å². The summed E-state index contributed by atoms with van der Waals surface area (Å²) in [5.74, 6) is 1.34. The van der Waals surface area contributed by atoms with Gasteiger partial charge in [0.2, 0.25) is 5.88 Å². The molecule has 0 atom stereocenters. The maximum atomic E-state index is 5.23. The van der Waals surface area contributed by atoms with E-state index in [1.54, 1.807) is 13.3 Å². The number of aromatic nitrogens is 3. The highest BCUT2D eigenvalue weighted by Gasteiger charge is 2.11. The first-order valence-corrected chi connectivity index (χ1v) is 10.3. The fourth-order valence-corrected chi connectivity index (χ4v) is 3.96. The SMILES string of the molecule is CCc1ccc(Nc2nnc(Cc3ccnc(OC)c3)c3ccccc23)cc1Br. The van der Waals surface area contributed by atoms with Crippen molar-refractivity contribution in [3.63, 3.8) is 0 Å². The van der Waals surface area contributed by atoms with E-state index in [2.05, 4.69) is 73.7 Å². The molecule has 0 saturated carbocycles. The van der Waals surface area contributed by atoms with Gasteiger partial charge >= 0.3 is 0 Å². The first kappa shape index (κ1) is 19.3. The van der Waals surface area contributed by atoms with Crippen LogP contribution in [0, 0.1) is 0 Å². The number of pyridine rings is 1. The van der Waals surface area contributed by atoms with Crippen LogP contribution in [0.5, 0.6) is 5.88 Å². The molecule has 0 fully saturated rings. The molecule has 0 aliphatic heterocycles. The summed E-state index contributed by atoms with van der Waals surface area (Å²) in [6.07, 6.45) is 3.39. The number of nitrogens with one attached hydrogen (secondary N) is 1. The molecule has 0 aliphatic carbocycles. The Morgan fingerprint density at radius 3 is 2.59 bits per heavy atom. The van der Waals surface area contributed by atoms with Crippen LogP contribution in [0.25, 0.3) is 10.8 Å². The summed E-state index contributed by atoms with van der Waals surface area (Å²) >= 11 is 3.64. The topological polar surface area (TPSA) is 59.9 Å². The summed E-state index contributed by atoms with van der Waals surface area (Å²) in [6.45, 7) is 2.14. The van der Waals surface area contributed by atoms with Crippen LogP contribution in [0.4, 0.5) is 11.5 Å². The van der Waals surface area contributed by atoms with Crippen LogP contribution in [-0.2, 0) is 12.8 Å². The zero-order valence-corrected chi connectivity index (χ0v) is 17.9. The van der Waals surface area contributed by atoms with Gasteiger partial charge in [0.1, 0.15) is 0 Å². The quantitative estimate of drug-likeness (QED) is 0.410. The van der Waals surface area contributed by atoms with Gasteiger partial charge in [-0.25, -0.2) is 4.98 Å². The Hall–Kier alpha value is -2.99. The van der Waals surface area contributed by atoms with Crippen molar-refractivity contribution in [3.05, 3.63) is 82.1 Å². The Morgan fingerprint density at radius 2 is 1.83 bits per heavy atom. The monoisotopic (exact) mass is 448 g/mol. The van der Waals surface area contributed by atoms with Crippen LogP contribution in [0.15, 0.2) is 65.3 Å². The number of anilines is 2. The Bertz CT molecular complexity index is 1160. The molecule has 0 amide bonds. The van der Waals surface area contributed by atoms with Crippen molar-refractivity contribution >= 4 is 38.2 Å². The number of nitrogens with zero attached hydrogens (tertiary/aromatic N) is 3. The molecule has 6 heteroatoms. The molecule has 0 spiro atoms. The number of halogens is 1. The Balaban J connectivity index is 1.69. The number of ether oxygens (including phenoxy) is 1. The van der Waals surface area contributed by atoms with Gasteiger partial charge in [-0.3, -0.25) is 0 Å². The normalized spacial score (nSPS) is 10.9. The van der Waals surface area contributed by atoms with Crippen LogP contribution in [0.3, 0.4) is 0 Å². The summed E-state index contributed by atoms with van der Waals surface area (Å²) in [5.41, 5.74) is 4.24. The first-order valence-electron chi connectivity index (χ1n) is 9.46. The molecule has 2 heterocycles. The molecule has 146 valence electrons. The number of fused-ring (bicyclic) bond motifs is 1. The number of hydrogen-bond acceptors (Lipinski definition) is 5. The minimum Gasteiger partial charge on any atom is -0.481 e. The summed E-state index contributed by atoms with van der Waals surface area (Å²) in [4.78, 5) is 4.17. The van der Waals surface area contributed by atoms with Gasteiger partial charge in [-0.1, -0.05) is 53.2 Å². The van der Waals surface area contributed by atoms with Gasteiger partial charge < -0.3 is 10.1 Å². The lowest BCUT2D eigenvalue weighted by Gasteiger charge is -2.12. The number of rotatable bonds is 6. The zero-order chi connectivity index (χ0) is 20.2. The Labute approximate surface area is 178 Å². The molecule has 29 heavy (non-hydrogen) atoms. The largest absolute Gasteiger partial charge is 0.481 e. The Kier molecular flexibility index (Phi) is 5.71. The summed E-state index contributed by atoms with van der Waals surface area (Å²) in [5, 5.41) is 14.5. The lowest BCUT2D eigenvalue weighted by atomic mass is 10.0. The summed E-state index contributed by atoms with van der Waals surface area (Å²) in [7, 11) is 1.62. The van der Waals surface area contributed by atoms with Crippen molar-refractivity contribution in [2.24, 2.45) is 0 Å². The van der Waals surface area contributed by atoms with Crippen molar-refractivity contribution < 1.29 is 4.74 Å². The highest BCUT2D eigenvalue weighted by Crippen LogP contribution is 2.29. The highest BCUT2D eigenvalue weighted by atomic mass is 79.9. The average Bonchev–Trinajstić information content (AvgIpc) is 2.76. The van der Waals surface area contributed by atoms with E-state index in [1.807, 2.05) is 24.3 Å². The van der Waals surface area contributed by atoms with E-state index in [0.717, 1.165) is 44.4 Å². The van der Waals surface area contributed by atoms with Crippen LogP contribution >= 0.6 is 15.9 Å². The number of benzene rings is 2. The van der Waals surface area contributed by atoms with E-state index in [-0.39, 0.29) is 0 Å². The second-order valence-electron chi connectivity index (χ2n) is 6.71.